The monoisotopic (exact) mass is 308 g/mol. The van der Waals surface area contributed by atoms with Crippen LogP contribution in [-0.2, 0) is 4.74 Å². The summed E-state index contributed by atoms with van der Waals surface area (Å²) in [5.41, 5.74) is 7.23. The molecule has 4 nitrogen and oxygen atoms in total. The van der Waals surface area contributed by atoms with Gasteiger partial charge >= 0.3 is 6.09 Å². The fraction of sp³-hybridized carbons (Fsp3) is 0.588. The number of carbonyl (C=O) groups is 1. The summed E-state index contributed by atoms with van der Waals surface area (Å²) in [6, 6.07) is 4.56. The number of halogens is 1. The molecule has 0 spiro atoms. The van der Waals surface area contributed by atoms with Crippen molar-refractivity contribution in [2.75, 3.05) is 13.1 Å². The van der Waals surface area contributed by atoms with E-state index in [9.17, 15) is 9.18 Å². The Labute approximate surface area is 131 Å². The lowest BCUT2D eigenvalue weighted by atomic mass is 9.92. The lowest BCUT2D eigenvalue weighted by Gasteiger charge is -2.25. The van der Waals surface area contributed by atoms with E-state index in [0.29, 0.717) is 18.7 Å². The molecule has 5 heteroatoms. The molecule has 0 bridgehead atoms. The lowest BCUT2D eigenvalue weighted by molar-refractivity contribution is 0.0286. The second-order valence-electron chi connectivity index (χ2n) is 7.03. The zero-order chi connectivity index (χ0) is 16.5. The van der Waals surface area contributed by atoms with Crippen molar-refractivity contribution in [2.45, 2.75) is 45.8 Å². The molecular formula is C17H25FN2O2. The first-order valence-corrected chi connectivity index (χ1v) is 7.67. The second kappa shape index (κ2) is 6.24. The van der Waals surface area contributed by atoms with Crippen molar-refractivity contribution in [1.82, 2.24) is 4.90 Å². The minimum Gasteiger partial charge on any atom is -0.444 e. The molecule has 2 atom stereocenters. The summed E-state index contributed by atoms with van der Waals surface area (Å²) < 4.78 is 19.3. The molecular weight excluding hydrogens is 283 g/mol. The number of hydrogen-bond acceptors (Lipinski definition) is 3. The maximum atomic E-state index is 14.0. The third-order valence-corrected chi connectivity index (χ3v) is 3.89. The van der Waals surface area contributed by atoms with Crippen molar-refractivity contribution in [3.8, 4) is 0 Å². The number of carbonyl (C=O) groups excluding carboxylic acids is 1. The Morgan fingerprint density at radius 2 is 2.14 bits per heavy atom. The molecule has 0 aliphatic carbocycles. The van der Waals surface area contributed by atoms with Gasteiger partial charge in [0, 0.05) is 24.7 Å². The molecule has 22 heavy (non-hydrogen) atoms. The molecule has 1 amide bonds. The number of ether oxygens (including phenoxy) is 1. The van der Waals surface area contributed by atoms with Crippen LogP contribution in [0.1, 0.15) is 44.4 Å². The van der Waals surface area contributed by atoms with Crippen molar-refractivity contribution < 1.29 is 13.9 Å². The van der Waals surface area contributed by atoms with E-state index in [4.69, 9.17) is 10.5 Å². The van der Waals surface area contributed by atoms with Gasteiger partial charge in [-0.05, 0) is 46.1 Å². The van der Waals surface area contributed by atoms with E-state index in [1.807, 2.05) is 27.7 Å². The molecule has 0 aromatic heterocycles. The Balaban J connectivity index is 2.03. The predicted octanol–water partition coefficient (Wildman–Crippen LogP) is 3.39. The summed E-state index contributed by atoms with van der Waals surface area (Å²) in [5, 5.41) is 0. The highest BCUT2D eigenvalue weighted by Gasteiger charge is 2.34. The molecule has 1 aliphatic rings. The number of aryl methyl sites for hydroxylation is 1. The third kappa shape index (κ3) is 3.97. The van der Waals surface area contributed by atoms with Gasteiger partial charge in [0.05, 0.1) is 0 Å². The van der Waals surface area contributed by atoms with Crippen LogP contribution in [0.2, 0.25) is 0 Å². The van der Waals surface area contributed by atoms with Crippen LogP contribution in [-0.4, -0.2) is 29.7 Å². The van der Waals surface area contributed by atoms with Crippen LogP contribution in [0.4, 0.5) is 9.18 Å². The summed E-state index contributed by atoms with van der Waals surface area (Å²) in [6.07, 6.45) is 0.431. The average molecular weight is 308 g/mol. The Kier molecular flexibility index (Phi) is 4.75. The number of nitrogens with zero attached hydrogens (tertiary/aromatic N) is 1. The zero-order valence-corrected chi connectivity index (χ0v) is 13.7. The van der Waals surface area contributed by atoms with Crippen LogP contribution >= 0.6 is 0 Å². The van der Waals surface area contributed by atoms with Crippen molar-refractivity contribution in [3.05, 3.63) is 35.1 Å². The van der Waals surface area contributed by atoms with E-state index in [1.165, 1.54) is 6.07 Å². The van der Waals surface area contributed by atoms with Crippen LogP contribution in [0.25, 0.3) is 0 Å². The first-order chi connectivity index (χ1) is 10.2. The predicted molar refractivity (Wildman–Crippen MR) is 84.0 cm³/mol. The molecule has 0 radical (unpaired) electrons. The molecule has 2 N–H and O–H groups in total. The van der Waals surface area contributed by atoms with E-state index < -0.39 is 11.6 Å². The van der Waals surface area contributed by atoms with Gasteiger partial charge in [-0.15, -0.1) is 0 Å². The van der Waals surface area contributed by atoms with Gasteiger partial charge < -0.3 is 15.4 Å². The van der Waals surface area contributed by atoms with Crippen LogP contribution in [0.5, 0.6) is 0 Å². The van der Waals surface area contributed by atoms with Gasteiger partial charge in [0.25, 0.3) is 0 Å². The van der Waals surface area contributed by atoms with Crippen molar-refractivity contribution in [2.24, 2.45) is 11.7 Å². The van der Waals surface area contributed by atoms with Crippen LogP contribution in [0.3, 0.4) is 0 Å². The maximum Gasteiger partial charge on any atom is 0.410 e. The Bertz CT molecular complexity index is 554. The first-order valence-electron chi connectivity index (χ1n) is 7.67. The lowest BCUT2D eigenvalue weighted by Crippen LogP contribution is -2.36. The van der Waals surface area contributed by atoms with Crippen molar-refractivity contribution >= 4 is 6.09 Å². The zero-order valence-electron chi connectivity index (χ0n) is 13.7. The molecule has 0 saturated carbocycles. The molecule has 2 rings (SSSR count). The van der Waals surface area contributed by atoms with Gasteiger partial charge in [0.2, 0.25) is 0 Å². The van der Waals surface area contributed by atoms with Crippen LogP contribution in [0.15, 0.2) is 18.2 Å². The highest BCUT2D eigenvalue weighted by molar-refractivity contribution is 5.68. The Hall–Kier alpha value is -1.62. The third-order valence-electron chi connectivity index (χ3n) is 3.89. The Morgan fingerprint density at radius 1 is 1.45 bits per heavy atom. The molecule has 1 aromatic rings. The standard InChI is InChI=1S/C17H25FN2O2/c1-11-5-6-14(18)13(9-11)15(19)12-7-8-20(10-12)16(21)22-17(2,3)4/h5-6,9,12,15H,7-8,10,19H2,1-4H3. The number of amides is 1. The van der Waals surface area contributed by atoms with E-state index in [1.54, 1.807) is 17.0 Å². The van der Waals surface area contributed by atoms with E-state index in [0.717, 1.165) is 12.0 Å². The summed E-state index contributed by atoms with van der Waals surface area (Å²) in [7, 11) is 0. The van der Waals surface area contributed by atoms with Gasteiger partial charge in [0.1, 0.15) is 11.4 Å². The molecule has 1 fully saturated rings. The topological polar surface area (TPSA) is 55.6 Å². The average Bonchev–Trinajstić information content (AvgIpc) is 2.88. The van der Waals surface area contributed by atoms with Gasteiger partial charge in [-0.25, -0.2) is 9.18 Å². The fourth-order valence-corrected chi connectivity index (χ4v) is 2.75. The smallest absolute Gasteiger partial charge is 0.410 e. The number of likely N-dealkylation sites (tertiary alicyclic amines) is 1. The summed E-state index contributed by atoms with van der Waals surface area (Å²) in [5.74, 6) is -0.238. The van der Waals surface area contributed by atoms with Gasteiger partial charge in [-0.1, -0.05) is 17.7 Å². The SMILES string of the molecule is Cc1ccc(F)c(C(N)C2CCN(C(=O)OC(C)(C)C)C2)c1. The maximum absolute atomic E-state index is 14.0. The fourth-order valence-electron chi connectivity index (χ4n) is 2.75. The van der Waals surface area contributed by atoms with Gasteiger partial charge in [-0.3, -0.25) is 0 Å². The van der Waals surface area contributed by atoms with Gasteiger partial charge in [0.15, 0.2) is 0 Å². The Morgan fingerprint density at radius 3 is 2.77 bits per heavy atom. The number of benzene rings is 1. The van der Waals surface area contributed by atoms with Crippen molar-refractivity contribution in [1.29, 1.82) is 0 Å². The number of rotatable bonds is 2. The number of hydrogen-bond donors (Lipinski definition) is 1. The molecule has 1 saturated heterocycles. The normalized spacial score (nSPS) is 20.1. The van der Waals surface area contributed by atoms with Crippen LogP contribution in [0, 0.1) is 18.7 Å². The summed E-state index contributed by atoms with van der Waals surface area (Å²) in [6.45, 7) is 8.53. The summed E-state index contributed by atoms with van der Waals surface area (Å²) >= 11 is 0. The minimum absolute atomic E-state index is 0.0452. The second-order valence-corrected chi connectivity index (χ2v) is 7.03. The van der Waals surface area contributed by atoms with E-state index >= 15 is 0 Å². The molecule has 1 heterocycles. The van der Waals surface area contributed by atoms with E-state index in [2.05, 4.69) is 0 Å². The highest BCUT2D eigenvalue weighted by atomic mass is 19.1. The molecule has 1 aliphatic heterocycles. The van der Waals surface area contributed by atoms with Crippen molar-refractivity contribution in [3.63, 3.8) is 0 Å². The molecule has 122 valence electrons. The minimum atomic E-state index is -0.514. The molecule has 2 unspecified atom stereocenters. The first kappa shape index (κ1) is 16.7. The summed E-state index contributed by atoms with van der Waals surface area (Å²) in [4.78, 5) is 13.7. The van der Waals surface area contributed by atoms with Gasteiger partial charge in [-0.2, -0.15) is 0 Å². The largest absolute Gasteiger partial charge is 0.444 e. The number of nitrogens with two attached hydrogens (primary N) is 1. The quantitative estimate of drug-likeness (QED) is 0.911. The highest BCUT2D eigenvalue weighted by Crippen LogP contribution is 2.30. The van der Waals surface area contributed by atoms with Crippen LogP contribution < -0.4 is 5.73 Å². The molecule has 1 aromatic carbocycles. The van der Waals surface area contributed by atoms with E-state index in [-0.39, 0.29) is 17.8 Å².